The molecule has 1 aromatic heterocycles. The van der Waals surface area contributed by atoms with Crippen LogP contribution in [0.3, 0.4) is 0 Å². The van der Waals surface area contributed by atoms with E-state index in [0.717, 1.165) is 16.8 Å². The second kappa shape index (κ2) is 9.03. The van der Waals surface area contributed by atoms with Crippen LogP contribution in [0.15, 0.2) is 89.1 Å². The third kappa shape index (κ3) is 4.02. The number of hydrogen-bond acceptors (Lipinski definition) is 5. The summed E-state index contributed by atoms with van der Waals surface area (Å²) >= 11 is 6.27. The highest BCUT2D eigenvalue weighted by atomic mass is 35.5. The number of nitrogens with one attached hydrogen (secondary N) is 1. The van der Waals surface area contributed by atoms with Crippen LogP contribution in [0.5, 0.6) is 5.75 Å². The van der Waals surface area contributed by atoms with Crippen LogP contribution in [0.25, 0.3) is 17.0 Å². The molecule has 5 rings (SSSR count). The molecule has 0 fully saturated rings. The maximum atomic E-state index is 13.2. The predicted molar refractivity (Wildman–Crippen MR) is 131 cm³/mol. The van der Waals surface area contributed by atoms with E-state index in [-0.39, 0.29) is 6.03 Å². The lowest BCUT2D eigenvalue weighted by Gasteiger charge is -2.35. The van der Waals surface area contributed by atoms with Crippen LogP contribution < -0.4 is 15.0 Å². The number of benzene rings is 3. The quantitative estimate of drug-likeness (QED) is 0.379. The van der Waals surface area contributed by atoms with Crippen LogP contribution in [-0.2, 0) is 0 Å². The SMILES string of the molecule is COc1cccc(-c2noc(C3=C(C)N(c4ccccc4)C(=O)NC3c3cccc(Cl)c3)n2)c1. The lowest BCUT2D eigenvalue weighted by molar-refractivity contribution is 0.244. The van der Waals surface area contributed by atoms with Crippen LogP contribution in [0.2, 0.25) is 5.02 Å². The van der Waals surface area contributed by atoms with Crippen LogP contribution in [0, 0.1) is 0 Å². The number of nitrogens with zero attached hydrogens (tertiary/aromatic N) is 3. The highest BCUT2D eigenvalue weighted by Crippen LogP contribution is 2.39. The zero-order chi connectivity index (χ0) is 23.7. The lowest BCUT2D eigenvalue weighted by Crippen LogP contribution is -2.46. The van der Waals surface area contributed by atoms with Crippen molar-refractivity contribution < 1.29 is 14.1 Å². The van der Waals surface area contributed by atoms with Crippen molar-refractivity contribution in [2.24, 2.45) is 0 Å². The highest BCUT2D eigenvalue weighted by molar-refractivity contribution is 6.30. The second-order valence-corrected chi connectivity index (χ2v) is 8.20. The molecule has 1 aliphatic rings. The van der Waals surface area contributed by atoms with Crippen LogP contribution >= 0.6 is 11.6 Å². The molecule has 2 amide bonds. The highest BCUT2D eigenvalue weighted by Gasteiger charge is 2.36. The van der Waals surface area contributed by atoms with Crippen LogP contribution in [0.4, 0.5) is 10.5 Å². The maximum absolute atomic E-state index is 13.2. The van der Waals surface area contributed by atoms with Crippen molar-refractivity contribution in [2.45, 2.75) is 13.0 Å². The van der Waals surface area contributed by atoms with E-state index in [0.29, 0.717) is 33.8 Å². The maximum Gasteiger partial charge on any atom is 0.326 e. The van der Waals surface area contributed by atoms with Gasteiger partial charge in [-0.3, -0.25) is 4.90 Å². The molecule has 1 atom stereocenters. The first-order chi connectivity index (χ1) is 16.5. The molecule has 7 nitrogen and oxygen atoms in total. The molecule has 34 heavy (non-hydrogen) atoms. The van der Waals surface area contributed by atoms with Crippen molar-refractivity contribution in [1.29, 1.82) is 0 Å². The summed E-state index contributed by atoms with van der Waals surface area (Å²) in [7, 11) is 1.60. The topological polar surface area (TPSA) is 80.5 Å². The van der Waals surface area contributed by atoms with Crippen molar-refractivity contribution in [3.05, 3.63) is 101 Å². The number of carbonyl (C=O) groups is 1. The fraction of sp³-hybridized carbons (Fsp3) is 0.115. The first kappa shape index (κ1) is 21.7. The Balaban J connectivity index is 1.65. The molecule has 0 radical (unpaired) electrons. The first-order valence-electron chi connectivity index (χ1n) is 10.7. The fourth-order valence-electron chi connectivity index (χ4n) is 4.06. The molecule has 170 valence electrons. The summed E-state index contributed by atoms with van der Waals surface area (Å²) in [6.45, 7) is 1.87. The zero-order valence-electron chi connectivity index (χ0n) is 18.5. The Morgan fingerprint density at radius 3 is 2.59 bits per heavy atom. The fourth-order valence-corrected chi connectivity index (χ4v) is 4.26. The monoisotopic (exact) mass is 472 g/mol. The molecule has 0 bridgehead atoms. The van der Waals surface area contributed by atoms with Crippen LogP contribution in [-0.4, -0.2) is 23.3 Å². The standard InChI is InChI=1S/C26H21ClN4O3/c1-16-22(25-29-24(30-34-25)18-9-7-13-21(15-18)33-2)23(17-8-6-10-19(27)14-17)28-26(32)31(16)20-11-4-3-5-12-20/h3-15,23H,1-2H3,(H,28,32). The molecular formula is C26H21ClN4O3. The lowest BCUT2D eigenvalue weighted by atomic mass is 9.94. The summed E-state index contributed by atoms with van der Waals surface area (Å²) < 4.78 is 11.0. The molecule has 0 saturated heterocycles. The van der Waals surface area contributed by atoms with Gasteiger partial charge in [0.2, 0.25) is 5.82 Å². The van der Waals surface area contributed by atoms with Gasteiger partial charge in [-0.1, -0.05) is 59.2 Å². The molecule has 4 aromatic rings. The molecule has 0 aliphatic carbocycles. The van der Waals surface area contributed by atoms with Gasteiger partial charge in [0, 0.05) is 16.3 Å². The van der Waals surface area contributed by atoms with Gasteiger partial charge in [-0.2, -0.15) is 4.98 Å². The summed E-state index contributed by atoms with van der Waals surface area (Å²) in [5.41, 5.74) is 3.66. The number of anilines is 1. The van der Waals surface area contributed by atoms with Crippen molar-refractivity contribution in [1.82, 2.24) is 15.5 Å². The Morgan fingerprint density at radius 2 is 1.82 bits per heavy atom. The van der Waals surface area contributed by atoms with Gasteiger partial charge >= 0.3 is 6.03 Å². The molecule has 0 saturated carbocycles. The van der Waals surface area contributed by atoms with Crippen molar-refractivity contribution in [3.8, 4) is 17.1 Å². The van der Waals surface area contributed by atoms with E-state index in [1.165, 1.54) is 0 Å². The molecule has 0 spiro atoms. The minimum Gasteiger partial charge on any atom is -0.497 e. The minimum absolute atomic E-state index is 0.259. The second-order valence-electron chi connectivity index (χ2n) is 7.76. The summed E-state index contributed by atoms with van der Waals surface area (Å²) in [6, 6.07) is 23.4. The number of hydrogen-bond donors (Lipinski definition) is 1. The largest absolute Gasteiger partial charge is 0.497 e. The Labute approximate surface area is 201 Å². The number of para-hydroxylation sites is 1. The summed E-state index contributed by atoms with van der Waals surface area (Å²) in [5.74, 6) is 1.42. The number of halogens is 1. The van der Waals surface area contributed by atoms with Gasteiger partial charge in [0.15, 0.2) is 0 Å². The van der Waals surface area contributed by atoms with E-state index in [2.05, 4.69) is 15.5 Å². The molecule has 1 aliphatic heterocycles. The summed E-state index contributed by atoms with van der Waals surface area (Å²) in [5, 5.41) is 7.84. The number of ether oxygens (including phenoxy) is 1. The normalized spacial score (nSPS) is 15.9. The van der Waals surface area contributed by atoms with E-state index in [1.807, 2.05) is 79.7 Å². The number of amides is 2. The Bertz CT molecular complexity index is 1380. The average molecular weight is 473 g/mol. The Morgan fingerprint density at radius 1 is 1.03 bits per heavy atom. The summed E-state index contributed by atoms with van der Waals surface area (Å²) in [6.07, 6.45) is 0. The Kier molecular flexibility index (Phi) is 5.77. The van der Waals surface area contributed by atoms with E-state index in [9.17, 15) is 4.79 Å². The Hall–Kier alpha value is -4.10. The zero-order valence-corrected chi connectivity index (χ0v) is 19.3. The number of carbonyl (C=O) groups excluding carboxylic acids is 1. The third-order valence-corrected chi connectivity index (χ3v) is 5.90. The molecule has 3 aromatic carbocycles. The average Bonchev–Trinajstić information content (AvgIpc) is 3.34. The van der Waals surface area contributed by atoms with Crippen molar-refractivity contribution in [3.63, 3.8) is 0 Å². The number of methoxy groups -OCH3 is 1. The van der Waals surface area contributed by atoms with Crippen molar-refractivity contribution in [2.75, 3.05) is 12.0 Å². The molecule has 8 heteroatoms. The van der Waals surface area contributed by atoms with E-state index >= 15 is 0 Å². The van der Waals surface area contributed by atoms with Gasteiger partial charge < -0.3 is 14.6 Å². The molecule has 1 N–H and O–H groups in total. The number of allylic oxidation sites excluding steroid dienone is 1. The molecule has 2 heterocycles. The first-order valence-corrected chi connectivity index (χ1v) is 11.0. The van der Waals surface area contributed by atoms with Gasteiger partial charge in [-0.05, 0) is 48.9 Å². The smallest absolute Gasteiger partial charge is 0.326 e. The van der Waals surface area contributed by atoms with E-state index in [1.54, 1.807) is 18.1 Å². The van der Waals surface area contributed by atoms with Crippen LogP contribution in [0.1, 0.15) is 24.4 Å². The summed E-state index contributed by atoms with van der Waals surface area (Å²) in [4.78, 5) is 19.5. The van der Waals surface area contributed by atoms with E-state index in [4.69, 9.17) is 20.9 Å². The number of aromatic nitrogens is 2. The van der Waals surface area contributed by atoms with Crippen molar-refractivity contribution >= 4 is 28.9 Å². The number of urea groups is 1. The van der Waals surface area contributed by atoms with Gasteiger partial charge in [-0.15, -0.1) is 0 Å². The number of rotatable bonds is 5. The predicted octanol–water partition coefficient (Wildman–Crippen LogP) is 6.10. The van der Waals surface area contributed by atoms with Gasteiger partial charge in [0.25, 0.3) is 5.89 Å². The van der Waals surface area contributed by atoms with Gasteiger partial charge in [0.05, 0.1) is 24.4 Å². The third-order valence-electron chi connectivity index (χ3n) is 5.67. The van der Waals surface area contributed by atoms with E-state index < -0.39 is 6.04 Å². The molecule has 1 unspecified atom stereocenters. The van der Waals surface area contributed by atoms with Gasteiger partial charge in [-0.25, -0.2) is 4.79 Å². The minimum atomic E-state index is -0.523. The van der Waals surface area contributed by atoms with Gasteiger partial charge in [0.1, 0.15) is 5.75 Å². The molecular weight excluding hydrogens is 452 g/mol.